The molecule has 20 heavy (non-hydrogen) atoms. The fourth-order valence-electron chi connectivity index (χ4n) is 3.03. The fraction of sp³-hybridized carbons (Fsp3) is 0.923. The highest BCUT2D eigenvalue weighted by atomic mass is 32.2. The van der Waals surface area contributed by atoms with Crippen LogP contribution in [0.4, 0.5) is 0 Å². The number of amides is 1. The Morgan fingerprint density at radius 2 is 2.15 bits per heavy atom. The first-order chi connectivity index (χ1) is 9.41. The molecule has 0 radical (unpaired) electrons. The van der Waals surface area contributed by atoms with Gasteiger partial charge in [0.25, 0.3) is 0 Å². The Balaban J connectivity index is 1.85. The van der Waals surface area contributed by atoms with Crippen LogP contribution in [-0.2, 0) is 14.6 Å². The number of rotatable bonds is 4. The third-order valence-corrected chi connectivity index (χ3v) is 6.12. The highest BCUT2D eigenvalue weighted by Gasteiger charge is 2.33. The van der Waals surface area contributed by atoms with E-state index in [1.165, 1.54) is 0 Å². The number of aliphatic hydroxyl groups excluding tert-OH is 1. The second kappa shape index (κ2) is 6.41. The summed E-state index contributed by atoms with van der Waals surface area (Å²) in [4.78, 5) is 15.9. The van der Waals surface area contributed by atoms with Gasteiger partial charge in [-0.15, -0.1) is 0 Å². The molecule has 2 aliphatic rings. The minimum Gasteiger partial charge on any atom is -0.396 e. The van der Waals surface area contributed by atoms with Crippen LogP contribution in [-0.4, -0.2) is 80.1 Å². The van der Waals surface area contributed by atoms with Gasteiger partial charge in [0.05, 0.1) is 18.1 Å². The Labute approximate surface area is 120 Å². The van der Waals surface area contributed by atoms with Crippen LogP contribution in [0.3, 0.4) is 0 Å². The normalized spacial score (nSPS) is 30.3. The zero-order valence-electron chi connectivity index (χ0n) is 12.0. The first kappa shape index (κ1) is 15.7. The van der Waals surface area contributed by atoms with Crippen molar-refractivity contribution in [2.24, 2.45) is 5.92 Å². The van der Waals surface area contributed by atoms with Gasteiger partial charge in [-0.25, -0.2) is 8.42 Å². The summed E-state index contributed by atoms with van der Waals surface area (Å²) in [5.74, 6) is 0.513. The monoisotopic (exact) mass is 304 g/mol. The summed E-state index contributed by atoms with van der Waals surface area (Å²) in [5.41, 5.74) is 0. The number of sulfone groups is 1. The molecule has 2 fully saturated rings. The number of nitrogens with zero attached hydrogens (tertiary/aromatic N) is 2. The predicted octanol–water partition coefficient (Wildman–Crippen LogP) is -0.664. The molecular formula is C13H24N2O4S. The van der Waals surface area contributed by atoms with Gasteiger partial charge in [0, 0.05) is 26.2 Å². The summed E-state index contributed by atoms with van der Waals surface area (Å²) >= 11 is 0. The molecular weight excluding hydrogens is 280 g/mol. The summed E-state index contributed by atoms with van der Waals surface area (Å²) in [6.45, 7) is 2.11. The van der Waals surface area contributed by atoms with E-state index in [2.05, 4.69) is 4.90 Å². The average molecular weight is 304 g/mol. The van der Waals surface area contributed by atoms with Crippen molar-refractivity contribution in [3.63, 3.8) is 0 Å². The smallest absolute Gasteiger partial charge is 0.236 e. The quantitative estimate of drug-likeness (QED) is 0.746. The molecule has 7 heteroatoms. The Bertz CT molecular complexity index is 451. The van der Waals surface area contributed by atoms with Crippen LogP contribution in [0, 0.1) is 5.92 Å². The molecule has 2 atom stereocenters. The van der Waals surface area contributed by atoms with Gasteiger partial charge in [-0.2, -0.15) is 0 Å². The molecule has 0 aromatic heterocycles. The molecule has 2 aliphatic heterocycles. The molecule has 0 bridgehead atoms. The SMILES string of the molecule is CN(C(=O)CN1CCCC(CO)C1)C1CCS(=O)(=O)C1. The molecule has 1 amide bonds. The van der Waals surface area contributed by atoms with Crippen LogP contribution in [0.1, 0.15) is 19.3 Å². The Morgan fingerprint density at radius 3 is 2.75 bits per heavy atom. The average Bonchev–Trinajstić information content (AvgIpc) is 2.78. The number of carbonyl (C=O) groups excluding carboxylic acids is 1. The van der Waals surface area contributed by atoms with Crippen molar-refractivity contribution >= 4 is 15.7 Å². The van der Waals surface area contributed by atoms with Crippen LogP contribution in [0.5, 0.6) is 0 Å². The van der Waals surface area contributed by atoms with Crippen molar-refractivity contribution in [3.05, 3.63) is 0 Å². The highest BCUT2D eigenvalue weighted by Crippen LogP contribution is 2.18. The van der Waals surface area contributed by atoms with Crippen molar-refractivity contribution in [1.29, 1.82) is 0 Å². The van der Waals surface area contributed by atoms with E-state index in [1.807, 2.05) is 0 Å². The van der Waals surface area contributed by atoms with Gasteiger partial charge in [-0.05, 0) is 31.7 Å². The summed E-state index contributed by atoms with van der Waals surface area (Å²) < 4.78 is 22.9. The van der Waals surface area contributed by atoms with Gasteiger partial charge in [0.15, 0.2) is 9.84 Å². The lowest BCUT2D eigenvalue weighted by atomic mass is 9.99. The van der Waals surface area contributed by atoms with E-state index in [4.69, 9.17) is 0 Å². The number of likely N-dealkylation sites (tertiary alicyclic amines) is 1. The fourth-order valence-corrected chi connectivity index (χ4v) is 4.81. The summed E-state index contributed by atoms with van der Waals surface area (Å²) in [5, 5.41) is 9.19. The minimum atomic E-state index is -2.96. The van der Waals surface area contributed by atoms with Crippen LogP contribution in [0.25, 0.3) is 0 Å². The standard InChI is InChI=1S/C13H24N2O4S/c1-14(12-4-6-20(18,19)10-12)13(17)8-15-5-2-3-11(7-15)9-16/h11-12,16H,2-10H2,1H3. The number of hydrogen-bond donors (Lipinski definition) is 1. The third-order valence-electron chi connectivity index (χ3n) is 4.37. The van der Waals surface area contributed by atoms with Crippen molar-refractivity contribution in [3.8, 4) is 0 Å². The maximum atomic E-state index is 12.2. The van der Waals surface area contributed by atoms with Gasteiger partial charge in [0.1, 0.15) is 0 Å². The van der Waals surface area contributed by atoms with Crippen LogP contribution in [0.2, 0.25) is 0 Å². The molecule has 0 spiro atoms. The lowest BCUT2D eigenvalue weighted by molar-refractivity contribution is -0.133. The number of piperidine rings is 1. The van der Waals surface area contributed by atoms with E-state index in [1.54, 1.807) is 11.9 Å². The van der Waals surface area contributed by atoms with Crippen LogP contribution in [0.15, 0.2) is 0 Å². The summed E-state index contributed by atoms with van der Waals surface area (Å²) in [7, 11) is -1.26. The lowest BCUT2D eigenvalue weighted by Crippen LogP contribution is -2.46. The molecule has 0 aromatic carbocycles. The van der Waals surface area contributed by atoms with Gasteiger partial charge in [-0.3, -0.25) is 9.69 Å². The third kappa shape index (κ3) is 3.93. The van der Waals surface area contributed by atoms with Crippen molar-refractivity contribution < 1.29 is 18.3 Å². The molecule has 0 aliphatic carbocycles. The maximum absolute atomic E-state index is 12.2. The number of aliphatic hydroxyl groups is 1. The first-order valence-electron chi connectivity index (χ1n) is 7.20. The van der Waals surface area contributed by atoms with E-state index in [0.717, 1.165) is 25.9 Å². The Kier molecular flexibility index (Phi) is 5.04. The molecule has 0 aromatic rings. The lowest BCUT2D eigenvalue weighted by Gasteiger charge is -2.33. The molecule has 2 unspecified atom stereocenters. The number of hydrogen-bond acceptors (Lipinski definition) is 5. The zero-order chi connectivity index (χ0) is 14.8. The molecule has 2 heterocycles. The second-order valence-corrected chi connectivity index (χ2v) is 8.22. The summed E-state index contributed by atoms with van der Waals surface area (Å²) in [6, 6.07) is -0.175. The largest absolute Gasteiger partial charge is 0.396 e. The highest BCUT2D eigenvalue weighted by molar-refractivity contribution is 7.91. The van der Waals surface area contributed by atoms with Gasteiger partial charge in [0.2, 0.25) is 5.91 Å². The van der Waals surface area contributed by atoms with Crippen molar-refractivity contribution in [2.75, 3.05) is 44.8 Å². The number of carbonyl (C=O) groups is 1. The predicted molar refractivity (Wildman–Crippen MR) is 76.1 cm³/mol. The van der Waals surface area contributed by atoms with E-state index in [-0.39, 0.29) is 36.0 Å². The van der Waals surface area contributed by atoms with Crippen molar-refractivity contribution in [1.82, 2.24) is 9.80 Å². The molecule has 2 rings (SSSR count). The van der Waals surface area contributed by atoms with E-state index in [9.17, 15) is 18.3 Å². The molecule has 116 valence electrons. The molecule has 0 saturated carbocycles. The van der Waals surface area contributed by atoms with E-state index < -0.39 is 9.84 Å². The Morgan fingerprint density at radius 1 is 1.40 bits per heavy atom. The number of likely N-dealkylation sites (N-methyl/N-ethyl adjacent to an activating group) is 1. The zero-order valence-corrected chi connectivity index (χ0v) is 12.8. The van der Waals surface area contributed by atoms with E-state index >= 15 is 0 Å². The van der Waals surface area contributed by atoms with Crippen LogP contribution >= 0.6 is 0 Å². The first-order valence-corrected chi connectivity index (χ1v) is 9.02. The molecule has 6 nitrogen and oxygen atoms in total. The minimum absolute atomic E-state index is 0.0225. The molecule has 2 saturated heterocycles. The topological polar surface area (TPSA) is 77.9 Å². The van der Waals surface area contributed by atoms with Crippen molar-refractivity contribution in [2.45, 2.75) is 25.3 Å². The Hall–Kier alpha value is -0.660. The maximum Gasteiger partial charge on any atom is 0.236 e. The van der Waals surface area contributed by atoms with Gasteiger partial charge < -0.3 is 10.0 Å². The van der Waals surface area contributed by atoms with Gasteiger partial charge in [-0.1, -0.05) is 0 Å². The van der Waals surface area contributed by atoms with E-state index in [0.29, 0.717) is 13.0 Å². The summed E-state index contributed by atoms with van der Waals surface area (Å²) in [6.07, 6.45) is 2.56. The molecule has 1 N–H and O–H groups in total. The van der Waals surface area contributed by atoms with Crippen LogP contribution < -0.4 is 0 Å². The second-order valence-electron chi connectivity index (χ2n) is 5.99. The van der Waals surface area contributed by atoms with Gasteiger partial charge >= 0.3 is 0 Å².